The van der Waals surface area contributed by atoms with Crippen molar-refractivity contribution in [1.82, 2.24) is 10.2 Å². The zero-order chi connectivity index (χ0) is 26.5. The fourth-order valence-electron chi connectivity index (χ4n) is 4.78. The van der Waals surface area contributed by atoms with E-state index in [0.29, 0.717) is 17.7 Å². The predicted molar refractivity (Wildman–Crippen MR) is 140 cm³/mol. The average molecular weight is 518 g/mol. The Kier molecular flexibility index (Phi) is 9.11. The number of nitrogens with zero attached hydrogens (tertiary/aromatic N) is 2. The van der Waals surface area contributed by atoms with Gasteiger partial charge in [0.2, 0.25) is 21.8 Å². The largest absolute Gasteiger partial charge is 0.352 e. The molecule has 3 rings (SSSR count). The monoisotopic (exact) mass is 517 g/mol. The van der Waals surface area contributed by atoms with Gasteiger partial charge in [0.05, 0.1) is 11.9 Å². The minimum Gasteiger partial charge on any atom is -0.352 e. The molecule has 0 aliphatic heterocycles. The van der Waals surface area contributed by atoms with Crippen LogP contribution >= 0.6 is 0 Å². The lowest BCUT2D eigenvalue weighted by molar-refractivity contribution is -0.140. The third-order valence-corrected chi connectivity index (χ3v) is 7.67. The van der Waals surface area contributed by atoms with Gasteiger partial charge in [-0.1, -0.05) is 38.0 Å². The van der Waals surface area contributed by atoms with Crippen molar-refractivity contribution < 1.29 is 22.4 Å². The van der Waals surface area contributed by atoms with Crippen LogP contribution in [0.15, 0.2) is 42.5 Å². The molecule has 1 N–H and O–H groups in total. The number of carbonyl (C=O) groups excluding carboxylic acids is 2. The molecule has 1 aliphatic rings. The fraction of sp³-hybridized carbons (Fsp3) is 0.481. The van der Waals surface area contributed by atoms with Crippen LogP contribution in [0.3, 0.4) is 0 Å². The zero-order valence-corrected chi connectivity index (χ0v) is 22.3. The summed E-state index contributed by atoms with van der Waals surface area (Å²) in [5.41, 5.74) is 2.79. The van der Waals surface area contributed by atoms with Crippen LogP contribution in [0.5, 0.6) is 0 Å². The molecule has 0 aromatic heterocycles. The first kappa shape index (κ1) is 27.6. The third-order valence-electron chi connectivity index (χ3n) is 6.53. The van der Waals surface area contributed by atoms with Crippen LogP contribution < -0.4 is 9.62 Å². The van der Waals surface area contributed by atoms with Crippen LogP contribution in [0.4, 0.5) is 10.1 Å². The normalized spacial score (nSPS) is 14.9. The highest BCUT2D eigenvalue weighted by Crippen LogP contribution is 2.23. The molecular weight excluding hydrogens is 481 g/mol. The maximum Gasteiger partial charge on any atom is 0.244 e. The molecule has 1 saturated carbocycles. The van der Waals surface area contributed by atoms with Gasteiger partial charge in [0, 0.05) is 12.6 Å². The number of sulfonamides is 1. The Labute approximate surface area is 213 Å². The Morgan fingerprint density at radius 1 is 1.06 bits per heavy atom. The van der Waals surface area contributed by atoms with Gasteiger partial charge >= 0.3 is 0 Å². The minimum atomic E-state index is -3.79. The summed E-state index contributed by atoms with van der Waals surface area (Å²) in [5, 5.41) is 3.07. The average Bonchev–Trinajstić information content (AvgIpc) is 3.30. The summed E-state index contributed by atoms with van der Waals surface area (Å²) in [5.74, 6) is -1.16. The Morgan fingerprint density at radius 2 is 1.64 bits per heavy atom. The van der Waals surface area contributed by atoms with E-state index in [1.807, 2.05) is 26.8 Å². The van der Waals surface area contributed by atoms with Crippen molar-refractivity contribution in [3.05, 3.63) is 65.0 Å². The topological polar surface area (TPSA) is 86.8 Å². The van der Waals surface area contributed by atoms with Crippen molar-refractivity contribution in [3.63, 3.8) is 0 Å². The van der Waals surface area contributed by atoms with E-state index in [1.165, 1.54) is 17.0 Å². The molecule has 0 bridgehead atoms. The van der Waals surface area contributed by atoms with E-state index in [1.54, 1.807) is 24.3 Å². The summed E-state index contributed by atoms with van der Waals surface area (Å²) >= 11 is 0. The predicted octanol–water partition coefficient (Wildman–Crippen LogP) is 4.07. The van der Waals surface area contributed by atoms with Crippen LogP contribution in [0.2, 0.25) is 0 Å². The van der Waals surface area contributed by atoms with Gasteiger partial charge < -0.3 is 10.2 Å². The standard InChI is InChI=1S/C27H36FN3O4S/c1-5-25(27(33)29-23-8-6-7-9-23)30(17-21-10-12-22(28)13-11-21)26(32)18-31(36(4,34)35)24-15-19(2)14-20(3)16-24/h10-16,23,25H,5-9,17-18H2,1-4H3,(H,29,33)/t25-/m0/s1. The molecule has 0 heterocycles. The van der Waals surface area contributed by atoms with Gasteiger partial charge in [-0.05, 0) is 74.1 Å². The van der Waals surface area contributed by atoms with Crippen molar-refractivity contribution in [1.29, 1.82) is 0 Å². The van der Waals surface area contributed by atoms with Crippen molar-refractivity contribution >= 4 is 27.5 Å². The molecule has 0 saturated heterocycles. The van der Waals surface area contributed by atoms with E-state index >= 15 is 0 Å². The molecular formula is C27H36FN3O4S. The van der Waals surface area contributed by atoms with E-state index in [9.17, 15) is 22.4 Å². The molecule has 36 heavy (non-hydrogen) atoms. The van der Waals surface area contributed by atoms with E-state index in [2.05, 4.69) is 5.32 Å². The number of rotatable bonds is 10. The molecule has 0 radical (unpaired) electrons. The maximum absolute atomic E-state index is 13.7. The Hall–Kier alpha value is -2.94. The van der Waals surface area contributed by atoms with Crippen molar-refractivity contribution in [2.75, 3.05) is 17.1 Å². The van der Waals surface area contributed by atoms with E-state index in [0.717, 1.165) is 47.4 Å². The number of halogens is 1. The van der Waals surface area contributed by atoms with Crippen LogP contribution in [-0.4, -0.2) is 50.0 Å². The second-order valence-electron chi connectivity index (χ2n) is 9.68. The lowest BCUT2D eigenvalue weighted by Crippen LogP contribution is -2.53. The summed E-state index contributed by atoms with van der Waals surface area (Å²) in [6.07, 6.45) is 5.34. The van der Waals surface area contributed by atoms with Crippen LogP contribution in [0.1, 0.15) is 55.7 Å². The lowest BCUT2D eigenvalue weighted by atomic mass is 10.1. The van der Waals surface area contributed by atoms with Crippen molar-refractivity contribution in [2.45, 2.75) is 71.5 Å². The van der Waals surface area contributed by atoms with Crippen LogP contribution in [-0.2, 0) is 26.2 Å². The van der Waals surface area contributed by atoms with E-state index < -0.39 is 34.3 Å². The number of nitrogens with one attached hydrogen (secondary N) is 1. The fourth-order valence-corrected chi connectivity index (χ4v) is 5.62. The number of carbonyl (C=O) groups is 2. The molecule has 7 nitrogen and oxygen atoms in total. The number of hydrogen-bond donors (Lipinski definition) is 1. The molecule has 2 aromatic rings. The van der Waals surface area contributed by atoms with Crippen molar-refractivity contribution in [2.24, 2.45) is 0 Å². The first-order chi connectivity index (χ1) is 17.0. The molecule has 9 heteroatoms. The first-order valence-corrected chi connectivity index (χ1v) is 14.2. The molecule has 0 spiro atoms. The van der Waals surface area contributed by atoms with Crippen LogP contribution in [0.25, 0.3) is 0 Å². The smallest absolute Gasteiger partial charge is 0.244 e. The molecule has 2 aromatic carbocycles. The van der Waals surface area contributed by atoms with Gasteiger partial charge in [-0.15, -0.1) is 0 Å². The third kappa shape index (κ3) is 7.29. The highest BCUT2D eigenvalue weighted by Gasteiger charge is 2.33. The molecule has 1 atom stereocenters. The molecule has 1 aliphatic carbocycles. The highest BCUT2D eigenvalue weighted by atomic mass is 32.2. The second kappa shape index (κ2) is 11.9. The van der Waals surface area contributed by atoms with Gasteiger partial charge in [0.15, 0.2) is 0 Å². The first-order valence-electron chi connectivity index (χ1n) is 12.4. The minimum absolute atomic E-state index is 0.0557. The number of anilines is 1. The summed E-state index contributed by atoms with van der Waals surface area (Å²) < 4.78 is 40.1. The Balaban J connectivity index is 1.93. The lowest BCUT2D eigenvalue weighted by Gasteiger charge is -2.33. The molecule has 1 fully saturated rings. The molecule has 196 valence electrons. The van der Waals surface area contributed by atoms with E-state index in [4.69, 9.17) is 0 Å². The summed E-state index contributed by atoms with van der Waals surface area (Å²) in [4.78, 5) is 28.4. The quantitative estimate of drug-likeness (QED) is 0.515. The van der Waals surface area contributed by atoms with Gasteiger partial charge in [0.1, 0.15) is 18.4 Å². The SMILES string of the molecule is CC[C@@H](C(=O)NC1CCCC1)N(Cc1ccc(F)cc1)C(=O)CN(c1cc(C)cc(C)c1)S(C)(=O)=O. The summed E-state index contributed by atoms with van der Waals surface area (Å²) in [6.45, 7) is 5.15. The Bertz CT molecular complexity index is 1160. The number of amides is 2. The summed E-state index contributed by atoms with van der Waals surface area (Å²) in [7, 11) is -3.79. The second-order valence-corrected chi connectivity index (χ2v) is 11.6. The van der Waals surface area contributed by atoms with Gasteiger partial charge in [0.25, 0.3) is 0 Å². The molecule has 0 unspecified atom stereocenters. The number of aryl methyl sites for hydroxylation is 2. The van der Waals surface area contributed by atoms with Gasteiger partial charge in [-0.2, -0.15) is 0 Å². The number of benzene rings is 2. The summed E-state index contributed by atoms with van der Waals surface area (Å²) in [6, 6.07) is 10.4. The van der Waals surface area contributed by atoms with Gasteiger partial charge in [-0.3, -0.25) is 13.9 Å². The zero-order valence-electron chi connectivity index (χ0n) is 21.5. The van der Waals surface area contributed by atoms with Crippen LogP contribution in [0, 0.1) is 19.7 Å². The number of hydrogen-bond acceptors (Lipinski definition) is 4. The molecule has 2 amide bonds. The Morgan fingerprint density at radius 3 is 2.17 bits per heavy atom. The van der Waals surface area contributed by atoms with E-state index in [-0.39, 0.29) is 18.5 Å². The maximum atomic E-state index is 13.7. The highest BCUT2D eigenvalue weighted by molar-refractivity contribution is 7.92. The van der Waals surface area contributed by atoms with Gasteiger partial charge in [-0.25, -0.2) is 12.8 Å². The van der Waals surface area contributed by atoms with Crippen molar-refractivity contribution in [3.8, 4) is 0 Å².